The van der Waals surface area contributed by atoms with Crippen LogP contribution in [0.15, 0.2) is 0 Å². The first kappa shape index (κ1) is 12.5. The third-order valence-electron chi connectivity index (χ3n) is 2.85. The van der Waals surface area contributed by atoms with Gasteiger partial charge in [0.2, 0.25) is 0 Å². The predicted molar refractivity (Wildman–Crippen MR) is 77.2 cm³/mol. The van der Waals surface area contributed by atoms with Crippen molar-refractivity contribution in [1.29, 1.82) is 0 Å². The maximum absolute atomic E-state index is 2.66. The average molecular weight is 406 g/mol. The number of alkyl halides is 2. The van der Waals surface area contributed by atoms with E-state index in [0.717, 1.165) is 7.85 Å². The van der Waals surface area contributed by atoms with Gasteiger partial charge in [0.1, 0.15) is 0 Å². The minimum atomic E-state index is 0.927. The molecule has 1 fully saturated rings. The summed E-state index contributed by atoms with van der Waals surface area (Å²) < 4.78 is 1.85. The molecule has 0 radical (unpaired) electrons. The fourth-order valence-corrected chi connectivity index (χ4v) is 3.52. The molecule has 0 aromatic heterocycles. The summed E-state index contributed by atoms with van der Waals surface area (Å²) in [5.41, 5.74) is 0. The first-order valence-electron chi connectivity index (χ1n) is 5.59. The second-order valence-corrected chi connectivity index (χ2v) is 7.28. The van der Waals surface area contributed by atoms with Crippen molar-refractivity contribution in [2.45, 2.75) is 65.6 Å². The van der Waals surface area contributed by atoms with Crippen molar-refractivity contribution >= 4 is 45.2 Å². The van der Waals surface area contributed by atoms with Crippen molar-refractivity contribution in [3.8, 4) is 0 Å². The molecule has 0 saturated heterocycles. The molecule has 1 saturated carbocycles. The van der Waals surface area contributed by atoms with Crippen molar-refractivity contribution in [3.63, 3.8) is 0 Å². The molecule has 1 aliphatic rings. The van der Waals surface area contributed by atoms with E-state index in [4.69, 9.17) is 0 Å². The minimum Gasteiger partial charge on any atom is -0.0815 e. The van der Waals surface area contributed by atoms with Gasteiger partial charge in [-0.2, -0.15) is 0 Å². The average Bonchev–Trinajstić information content (AvgIpc) is 2.16. The van der Waals surface area contributed by atoms with Gasteiger partial charge in [0, 0.05) is 7.85 Å². The first-order valence-corrected chi connectivity index (χ1v) is 8.08. The zero-order chi connectivity index (χ0) is 9.52. The van der Waals surface area contributed by atoms with Crippen molar-refractivity contribution in [1.82, 2.24) is 0 Å². The van der Waals surface area contributed by atoms with E-state index in [1.54, 1.807) is 0 Å². The van der Waals surface area contributed by atoms with Gasteiger partial charge in [-0.1, -0.05) is 90.1 Å². The van der Waals surface area contributed by atoms with Crippen LogP contribution in [0.3, 0.4) is 0 Å². The summed E-state index contributed by atoms with van der Waals surface area (Å²) in [7, 11) is 0. The van der Waals surface area contributed by atoms with Crippen LogP contribution in [-0.2, 0) is 0 Å². The third-order valence-corrected chi connectivity index (χ3v) is 7.21. The van der Waals surface area contributed by atoms with E-state index in [-0.39, 0.29) is 0 Å². The molecule has 13 heavy (non-hydrogen) atoms. The summed E-state index contributed by atoms with van der Waals surface area (Å²) in [6.07, 6.45) is 13.2. The molecule has 1 aliphatic carbocycles. The summed E-state index contributed by atoms with van der Waals surface area (Å²) in [5.74, 6) is 0. The highest BCUT2D eigenvalue weighted by atomic mass is 127. The second-order valence-electron chi connectivity index (χ2n) is 4.08. The van der Waals surface area contributed by atoms with E-state index in [2.05, 4.69) is 45.2 Å². The molecule has 0 spiro atoms. The lowest BCUT2D eigenvalue weighted by Crippen LogP contribution is -2.13. The van der Waals surface area contributed by atoms with Crippen LogP contribution in [0.25, 0.3) is 0 Å². The Morgan fingerprint density at radius 2 is 0.846 bits per heavy atom. The molecule has 0 N–H and O–H groups in total. The lowest BCUT2D eigenvalue weighted by Gasteiger charge is -2.15. The van der Waals surface area contributed by atoms with Gasteiger partial charge in [0.05, 0.1) is 0 Å². The molecule has 1 rings (SSSR count). The third kappa shape index (κ3) is 5.80. The number of hydrogen-bond donors (Lipinski definition) is 0. The summed E-state index contributed by atoms with van der Waals surface area (Å²) in [6.45, 7) is 0. The van der Waals surface area contributed by atoms with Crippen LogP contribution in [0.5, 0.6) is 0 Å². The van der Waals surface area contributed by atoms with Gasteiger partial charge in [-0.15, -0.1) is 0 Å². The molecule has 2 atom stereocenters. The molecule has 0 aliphatic heterocycles. The number of hydrogen-bond acceptors (Lipinski definition) is 0. The van der Waals surface area contributed by atoms with E-state index in [0.29, 0.717) is 0 Å². The summed E-state index contributed by atoms with van der Waals surface area (Å²) >= 11 is 5.32. The quantitative estimate of drug-likeness (QED) is 0.387. The second kappa shape index (κ2) is 7.71. The maximum Gasteiger partial charge on any atom is 0.0227 e. The van der Waals surface area contributed by atoms with E-state index >= 15 is 0 Å². The van der Waals surface area contributed by atoms with E-state index in [1.807, 2.05) is 0 Å². The molecule has 0 aromatic carbocycles. The minimum absolute atomic E-state index is 0.927. The van der Waals surface area contributed by atoms with E-state index in [9.17, 15) is 0 Å². The van der Waals surface area contributed by atoms with Crippen molar-refractivity contribution in [2.75, 3.05) is 0 Å². The Kier molecular flexibility index (Phi) is 7.43. The monoisotopic (exact) mass is 406 g/mol. The molecule has 2 heteroatoms. The Bertz CT molecular complexity index is 111. The largest absolute Gasteiger partial charge is 0.0815 e. The van der Waals surface area contributed by atoms with Crippen LogP contribution in [0.4, 0.5) is 0 Å². The lowest BCUT2D eigenvalue weighted by atomic mass is 10.1. The highest BCUT2D eigenvalue weighted by molar-refractivity contribution is 14.1. The van der Waals surface area contributed by atoms with Crippen LogP contribution in [0.2, 0.25) is 0 Å². The van der Waals surface area contributed by atoms with Crippen LogP contribution in [0, 0.1) is 0 Å². The number of rotatable bonds is 0. The van der Waals surface area contributed by atoms with Crippen LogP contribution in [-0.4, -0.2) is 7.85 Å². The Balaban J connectivity index is 2.26. The normalized spacial score (nSPS) is 33.7. The molecular weight excluding hydrogens is 386 g/mol. The van der Waals surface area contributed by atoms with Gasteiger partial charge >= 0.3 is 0 Å². The SMILES string of the molecule is IC1CCCCCCCCCC1I. The van der Waals surface area contributed by atoms with Crippen LogP contribution in [0.1, 0.15) is 57.8 Å². The van der Waals surface area contributed by atoms with Gasteiger partial charge < -0.3 is 0 Å². The van der Waals surface area contributed by atoms with Crippen LogP contribution < -0.4 is 0 Å². The zero-order valence-corrected chi connectivity index (χ0v) is 12.6. The molecule has 0 nitrogen and oxygen atoms in total. The van der Waals surface area contributed by atoms with Crippen molar-refractivity contribution in [3.05, 3.63) is 0 Å². The summed E-state index contributed by atoms with van der Waals surface area (Å²) in [6, 6.07) is 0. The van der Waals surface area contributed by atoms with E-state index in [1.165, 1.54) is 57.8 Å². The highest BCUT2D eigenvalue weighted by Gasteiger charge is 2.15. The molecule has 0 bridgehead atoms. The molecule has 78 valence electrons. The predicted octanol–water partition coefficient (Wildman–Crippen LogP) is 5.12. The Morgan fingerprint density at radius 1 is 0.538 bits per heavy atom. The molecule has 2 unspecified atom stereocenters. The van der Waals surface area contributed by atoms with Crippen molar-refractivity contribution in [2.24, 2.45) is 0 Å². The molecule has 0 amide bonds. The Hall–Kier alpha value is 1.46. The van der Waals surface area contributed by atoms with Crippen molar-refractivity contribution < 1.29 is 0 Å². The van der Waals surface area contributed by atoms with Gasteiger partial charge in [-0.3, -0.25) is 0 Å². The van der Waals surface area contributed by atoms with Gasteiger partial charge in [-0.25, -0.2) is 0 Å². The standard InChI is InChI=1S/C11H20I2/c12-10-8-6-4-2-1-3-5-7-9-11(10)13/h10-11H,1-9H2. The molecule has 0 heterocycles. The van der Waals surface area contributed by atoms with Gasteiger partial charge in [-0.05, 0) is 12.8 Å². The lowest BCUT2D eigenvalue weighted by molar-refractivity contribution is 0.586. The Labute approximate surface area is 110 Å². The van der Waals surface area contributed by atoms with E-state index < -0.39 is 0 Å². The highest BCUT2D eigenvalue weighted by Crippen LogP contribution is 2.27. The topological polar surface area (TPSA) is 0 Å². The fraction of sp³-hybridized carbons (Fsp3) is 1.00. The molecule has 0 aromatic rings. The molecular formula is C11H20I2. The number of halogens is 2. The fourth-order valence-electron chi connectivity index (χ4n) is 1.92. The zero-order valence-electron chi connectivity index (χ0n) is 8.27. The summed E-state index contributed by atoms with van der Waals surface area (Å²) in [5, 5.41) is 0. The van der Waals surface area contributed by atoms with Crippen LogP contribution >= 0.6 is 45.2 Å². The first-order chi connectivity index (χ1) is 6.30. The Morgan fingerprint density at radius 3 is 1.23 bits per heavy atom. The van der Waals surface area contributed by atoms with Gasteiger partial charge in [0.25, 0.3) is 0 Å². The smallest absolute Gasteiger partial charge is 0.0227 e. The summed E-state index contributed by atoms with van der Waals surface area (Å²) in [4.78, 5) is 0. The van der Waals surface area contributed by atoms with Gasteiger partial charge in [0.15, 0.2) is 0 Å². The maximum atomic E-state index is 2.66.